The maximum absolute atomic E-state index is 12.2. The summed E-state index contributed by atoms with van der Waals surface area (Å²) in [4.78, 5) is 29.2. The quantitative estimate of drug-likeness (QED) is 0.855. The molecular weight excluding hydrogens is 269 g/mol. The summed E-state index contributed by atoms with van der Waals surface area (Å²) in [7, 11) is 0. The first-order chi connectivity index (χ1) is 8.78. The Bertz CT molecular complexity index is 452. The van der Waals surface area contributed by atoms with E-state index in [-0.39, 0.29) is 10.6 Å². The van der Waals surface area contributed by atoms with E-state index in [0.717, 1.165) is 12.4 Å². The molecule has 0 aliphatic rings. The molecule has 0 aliphatic heterocycles. The predicted molar refractivity (Wildman–Crippen MR) is 56.3 cm³/mol. The Morgan fingerprint density at radius 3 is 2.37 bits per heavy atom. The number of carbonyl (C=O) groups excluding carboxylic acids is 1. The van der Waals surface area contributed by atoms with Gasteiger partial charge in [0, 0.05) is 0 Å². The Labute approximate surface area is 105 Å². The van der Waals surface area contributed by atoms with Gasteiger partial charge in [0.25, 0.3) is 0 Å². The number of urea groups is 1. The molecule has 1 aromatic rings. The molecule has 1 rings (SSSR count). The molecule has 104 valence electrons. The average Bonchev–Trinajstić information content (AvgIpc) is 2.27. The molecule has 2 amide bonds. The fourth-order valence-electron chi connectivity index (χ4n) is 1.15. The number of aromatic nitrogens is 2. The minimum Gasteiger partial charge on any atom is -0.480 e. The number of amides is 2. The molecule has 2 N–H and O–H groups in total. The first-order valence-electron chi connectivity index (χ1n) is 4.87. The molecule has 0 bridgehead atoms. The van der Waals surface area contributed by atoms with Gasteiger partial charge in [-0.3, -0.25) is 4.79 Å². The van der Waals surface area contributed by atoms with Crippen LogP contribution in [0.5, 0.6) is 0 Å². The number of carboxylic acids is 1. The molecular formula is C9H9F3N4O3. The van der Waals surface area contributed by atoms with Gasteiger partial charge in [0.2, 0.25) is 0 Å². The Hall–Kier alpha value is -2.39. The van der Waals surface area contributed by atoms with Gasteiger partial charge in [0.05, 0.1) is 18.1 Å². The Morgan fingerprint density at radius 2 is 1.89 bits per heavy atom. The molecule has 0 aromatic carbocycles. The molecule has 1 aromatic heterocycles. The molecule has 0 saturated heterocycles. The Morgan fingerprint density at radius 1 is 1.32 bits per heavy atom. The number of hydrogen-bond acceptors (Lipinski definition) is 4. The van der Waals surface area contributed by atoms with Gasteiger partial charge in [-0.25, -0.2) is 14.8 Å². The number of hydrogen-bond donors (Lipinski definition) is 2. The third kappa shape index (κ3) is 5.66. The van der Waals surface area contributed by atoms with E-state index in [2.05, 4.69) is 15.3 Å². The van der Waals surface area contributed by atoms with Gasteiger partial charge in [-0.2, -0.15) is 13.2 Å². The van der Waals surface area contributed by atoms with Crippen molar-refractivity contribution < 1.29 is 27.9 Å². The van der Waals surface area contributed by atoms with Gasteiger partial charge < -0.3 is 15.3 Å². The summed E-state index contributed by atoms with van der Waals surface area (Å²) in [5.41, 5.74) is 0.0602. The van der Waals surface area contributed by atoms with Crippen molar-refractivity contribution >= 4 is 17.7 Å². The molecule has 0 fully saturated rings. The smallest absolute Gasteiger partial charge is 0.406 e. The monoisotopic (exact) mass is 278 g/mol. The zero-order valence-corrected chi connectivity index (χ0v) is 9.39. The number of aliphatic carboxylic acids is 1. The largest absolute Gasteiger partial charge is 0.480 e. The zero-order valence-electron chi connectivity index (χ0n) is 9.39. The predicted octanol–water partition coefficient (Wildman–Crippen LogP) is 0.957. The highest BCUT2D eigenvalue weighted by molar-refractivity contribution is 5.91. The normalized spacial score (nSPS) is 10.9. The van der Waals surface area contributed by atoms with Crippen LogP contribution in [-0.4, -0.2) is 51.2 Å². The second-order valence-electron chi connectivity index (χ2n) is 3.42. The molecule has 0 unspecified atom stereocenters. The van der Waals surface area contributed by atoms with Gasteiger partial charge in [-0.15, -0.1) is 0 Å². The minimum absolute atomic E-state index is 0.0602. The molecule has 19 heavy (non-hydrogen) atoms. The van der Waals surface area contributed by atoms with Crippen molar-refractivity contribution in [3.63, 3.8) is 0 Å². The second kappa shape index (κ2) is 5.98. The van der Waals surface area contributed by atoms with Crippen molar-refractivity contribution in [2.45, 2.75) is 6.18 Å². The first-order valence-corrected chi connectivity index (χ1v) is 4.87. The van der Waals surface area contributed by atoms with Crippen LogP contribution in [0, 0.1) is 0 Å². The van der Waals surface area contributed by atoms with E-state index in [1.165, 1.54) is 6.33 Å². The van der Waals surface area contributed by atoms with E-state index in [1.807, 2.05) is 0 Å². The van der Waals surface area contributed by atoms with Crippen LogP contribution in [0.25, 0.3) is 0 Å². The third-order valence-electron chi connectivity index (χ3n) is 1.80. The average molecular weight is 278 g/mol. The molecule has 0 saturated carbocycles. The maximum Gasteiger partial charge on any atom is 0.406 e. The summed E-state index contributed by atoms with van der Waals surface area (Å²) in [6.45, 7) is -2.74. The van der Waals surface area contributed by atoms with Crippen LogP contribution in [0.15, 0.2) is 18.7 Å². The number of carbonyl (C=O) groups is 2. The lowest BCUT2D eigenvalue weighted by atomic mass is 10.4. The van der Waals surface area contributed by atoms with Crippen molar-refractivity contribution in [2.24, 2.45) is 0 Å². The van der Waals surface area contributed by atoms with Crippen molar-refractivity contribution in [3.8, 4) is 0 Å². The summed E-state index contributed by atoms with van der Waals surface area (Å²) in [5, 5.41) is 10.6. The van der Waals surface area contributed by atoms with Crippen LogP contribution in [-0.2, 0) is 4.79 Å². The summed E-state index contributed by atoms with van der Waals surface area (Å²) in [6.07, 6.45) is -1.20. The van der Waals surface area contributed by atoms with E-state index < -0.39 is 31.3 Å². The van der Waals surface area contributed by atoms with Crippen molar-refractivity contribution in [1.29, 1.82) is 0 Å². The van der Waals surface area contributed by atoms with E-state index in [0.29, 0.717) is 0 Å². The first kappa shape index (κ1) is 14.7. The molecule has 7 nitrogen and oxygen atoms in total. The van der Waals surface area contributed by atoms with E-state index in [1.54, 1.807) is 0 Å². The molecule has 0 aliphatic carbocycles. The minimum atomic E-state index is -4.69. The number of alkyl halides is 3. The molecule has 0 radical (unpaired) electrons. The van der Waals surface area contributed by atoms with Crippen molar-refractivity contribution in [1.82, 2.24) is 14.9 Å². The van der Waals surface area contributed by atoms with Gasteiger partial charge in [0.1, 0.15) is 19.4 Å². The number of rotatable bonds is 4. The van der Waals surface area contributed by atoms with Crippen molar-refractivity contribution in [2.75, 3.05) is 18.4 Å². The van der Waals surface area contributed by atoms with Crippen LogP contribution >= 0.6 is 0 Å². The SMILES string of the molecule is O=C(O)CN(CC(F)(F)F)C(=O)Nc1cncnc1. The van der Waals surface area contributed by atoms with Gasteiger partial charge >= 0.3 is 18.2 Å². The molecule has 10 heteroatoms. The summed E-state index contributed by atoms with van der Waals surface area (Å²) in [5.74, 6) is -1.55. The fourth-order valence-corrected chi connectivity index (χ4v) is 1.15. The second-order valence-corrected chi connectivity index (χ2v) is 3.42. The lowest BCUT2D eigenvalue weighted by Crippen LogP contribution is -2.44. The van der Waals surface area contributed by atoms with Crippen molar-refractivity contribution in [3.05, 3.63) is 18.7 Å². The van der Waals surface area contributed by atoms with Crippen LogP contribution in [0.3, 0.4) is 0 Å². The number of nitrogens with zero attached hydrogens (tertiary/aromatic N) is 3. The van der Waals surface area contributed by atoms with Gasteiger partial charge in [0.15, 0.2) is 0 Å². The summed E-state index contributed by atoms with van der Waals surface area (Å²) in [6, 6.07) is -1.20. The fraction of sp³-hybridized carbons (Fsp3) is 0.333. The highest BCUT2D eigenvalue weighted by atomic mass is 19.4. The Balaban J connectivity index is 2.74. The Kier molecular flexibility index (Phi) is 4.62. The van der Waals surface area contributed by atoms with Gasteiger partial charge in [-0.1, -0.05) is 0 Å². The van der Waals surface area contributed by atoms with E-state index >= 15 is 0 Å². The lowest BCUT2D eigenvalue weighted by molar-refractivity contribution is -0.148. The van der Waals surface area contributed by atoms with Crippen LogP contribution < -0.4 is 5.32 Å². The third-order valence-corrected chi connectivity index (χ3v) is 1.80. The number of anilines is 1. The number of nitrogens with one attached hydrogen (secondary N) is 1. The topological polar surface area (TPSA) is 95.4 Å². The van der Waals surface area contributed by atoms with E-state index in [4.69, 9.17) is 5.11 Å². The van der Waals surface area contributed by atoms with Crippen LogP contribution in [0.4, 0.5) is 23.7 Å². The highest BCUT2D eigenvalue weighted by Gasteiger charge is 2.34. The summed E-state index contributed by atoms with van der Waals surface area (Å²) >= 11 is 0. The standard InChI is InChI=1S/C9H9F3N4O3/c10-9(11,12)4-16(3-7(17)18)8(19)15-6-1-13-5-14-2-6/h1-2,5H,3-4H2,(H,15,19)(H,17,18). The van der Waals surface area contributed by atoms with E-state index in [9.17, 15) is 22.8 Å². The van der Waals surface area contributed by atoms with Crippen LogP contribution in [0.2, 0.25) is 0 Å². The van der Waals surface area contributed by atoms with Crippen LogP contribution in [0.1, 0.15) is 0 Å². The highest BCUT2D eigenvalue weighted by Crippen LogP contribution is 2.17. The molecule has 0 atom stereocenters. The molecule has 0 spiro atoms. The molecule has 1 heterocycles. The summed E-state index contributed by atoms with van der Waals surface area (Å²) < 4.78 is 36.6. The lowest BCUT2D eigenvalue weighted by Gasteiger charge is -2.22. The number of halogens is 3. The maximum atomic E-state index is 12.2. The van der Waals surface area contributed by atoms with Gasteiger partial charge in [-0.05, 0) is 0 Å². The number of carboxylic acid groups (broad SMARTS) is 1. The zero-order chi connectivity index (χ0) is 14.5.